The smallest absolute Gasteiger partial charge is 0.410 e. The number of nitrogens with two attached hydrogens (primary N) is 1. The number of hydrogen-bond donors (Lipinski definition) is 4. The highest BCUT2D eigenvalue weighted by Gasteiger charge is 2.66. The maximum atomic E-state index is 12.6. The molecule has 12 heteroatoms. The predicted octanol–water partition coefficient (Wildman–Crippen LogP) is 1.86. The van der Waals surface area contributed by atoms with E-state index in [1.807, 2.05) is 26.0 Å². The Morgan fingerprint density at radius 3 is 2.67 bits per heavy atom. The van der Waals surface area contributed by atoms with E-state index < -0.39 is 23.9 Å². The fourth-order valence-corrected chi connectivity index (χ4v) is 6.56. The minimum atomic E-state index is -0.638. The van der Waals surface area contributed by atoms with Crippen molar-refractivity contribution in [1.29, 1.82) is 0 Å². The van der Waals surface area contributed by atoms with E-state index in [4.69, 9.17) is 24.7 Å². The van der Waals surface area contributed by atoms with Gasteiger partial charge in [0.25, 0.3) is 0 Å². The zero-order valence-corrected chi connectivity index (χ0v) is 26.7. The lowest BCUT2D eigenvalue weighted by molar-refractivity contribution is -0.144. The van der Waals surface area contributed by atoms with Gasteiger partial charge in [0, 0.05) is 38.7 Å². The Kier molecular flexibility index (Phi) is 10.7. The van der Waals surface area contributed by atoms with E-state index in [-0.39, 0.29) is 47.7 Å². The van der Waals surface area contributed by atoms with Gasteiger partial charge in [-0.05, 0) is 65.4 Å². The Labute approximate surface area is 265 Å². The number of likely N-dealkylation sites (tertiary alicyclic amines) is 1. The van der Waals surface area contributed by atoms with Crippen molar-refractivity contribution in [1.82, 2.24) is 15.5 Å². The number of carbonyl (C=O) groups excluding carboxylic acids is 3. The quantitative estimate of drug-likeness (QED) is 0.152. The second-order valence-electron chi connectivity index (χ2n) is 13.4. The summed E-state index contributed by atoms with van der Waals surface area (Å²) in [5.41, 5.74) is 5.99. The number of aliphatic hydroxyl groups excluding tert-OH is 1. The number of allylic oxidation sites excluding steroid dienone is 2. The third-order valence-corrected chi connectivity index (χ3v) is 9.60. The molecular formula is C33H50N4O8. The van der Waals surface area contributed by atoms with Gasteiger partial charge < -0.3 is 45.3 Å². The van der Waals surface area contributed by atoms with Crippen molar-refractivity contribution in [3.63, 3.8) is 0 Å². The number of ether oxygens (including phenoxy) is 4. The summed E-state index contributed by atoms with van der Waals surface area (Å²) in [4.78, 5) is 38.8. The molecule has 4 saturated heterocycles. The van der Waals surface area contributed by atoms with Gasteiger partial charge >= 0.3 is 6.09 Å². The molecule has 1 unspecified atom stereocenters. The molecule has 2 spiro atoms. The van der Waals surface area contributed by atoms with E-state index in [1.165, 1.54) is 11.0 Å². The normalized spacial score (nSPS) is 34.8. The van der Waals surface area contributed by atoms with Crippen LogP contribution in [0.25, 0.3) is 0 Å². The highest BCUT2D eigenvalue weighted by Crippen LogP contribution is 2.56. The molecule has 0 radical (unpaired) electrons. The van der Waals surface area contributed by atoms with Gasteiger partial charge in [-0.25, -0.2) is 4.79 Å². The van der Waals surface area contributed by atoms with E-state index in [0.29, 0.717) is 39.2 Å². The molecule has 0 aromatic carbocycles. The summed E-state index contributed by atoms with van der Waals surface area (Å²) in [5, 5.41) is 16.5. The summed E-state index contributed by atoms with van der Waals surface area (Å²) >= 11 is 0. The van der Waals surface area contributed by atoms with Gasteiger partial charge in [0.1, 0.15) is 23.9 Å². The first-order chi connectivity index (χ1) is 21.5. The summed E-state index contributed by atoms with van der Waals surface area (Å²) in [5.74, 6) is -0.644. The van der Waals surface area contributed by atoms with Crippen LogP contribution in [0.3, 0.4) is 0 Å². The highest BCUT2D eigenvalue weighted by atomic mass is 16.6. The molecule has 8 atom stereocenters. The molecule has 45 heavy (non-hydrogen) atoms. The molecule has 4 aliphatic heterocycles. The lowest BCUT2D eigenvalue weighted by Gasteiger charge is -2.37. The van der Waals surface area contributed by atoms with Crippen molar-refractivity contribution < 1.29 is 38.4 Å². The molecule has 3 amide bonds. The number of epoxide rings is 1. The molecule has 1 aliphatic carbocycles. The first-order valence-electron chi connectivity index (χ1n) is 16.4. The molecule has 250 valence electrons. The Morgan fingerprint density at radius 1 is 1.20 bits per heavy atom. The zero-order chi connectivity index (χ0) is 32.2. The molecule has 0 aromatic heterocycles. The third-order valence-electron chi connectivity index (χ3n) is 9.60. The van der Waals surface area contributed by atoms with E-state index in [1.54, 1.807) is 13.0 Å². The van der Waals surface area contributed by atoms with Crippen LogP contribution in [0.4, 0.5) is 4.79 Å². The lowest BCUT2D eigenvalue weighted by Crippen LogP contribution is -2.50. The Morgan fingerprint density at radius 2 is 1.98 bits per heavy atom. The van der Waals surface area contributed by atoms with E-state index in [9.17, 15) is 19.5 Å². The number of amides is 3. The van der Waals surface area contributed by atoms with E-state index in [0.717, 1.165) is 44.1 Å². The minimum absolute atomic E-state index is 0.0535. The van der Waals surface area contributed by atoms with Crippen LogP contribution >= 0.6 is 0 Å². The van der Waals surface area contributed by atoms with Crippen LogP contribution in [0.2, 0.25) is 0 Å². The number of hydrogen-bond acceptors (Lipinski definition) is 9. The largest absolute Gasteiger partial charge is 0.442 e. The summed E-state index contributed by atoms with van der Waals surface area (Å²) in [6.45, 7) is 7.83. The van der Waals surface area contributed by atoms with Gasteiger partial charge in [-0.2, -0.15) is 0 Å². The van der Waals surface area contributed by atoms with Crippen LogP contribution in [0.1, 0.15) is 65.7 Å². The molecule has 5 rings (SSSR count). The van der Waals surface area contributed by atoms with Gasteiger partial charge in [-0.3, -0.25) is 9.59 Å². The topological polar surface area (TPSA) is 165 Å². The monoisotopic (exact) mass is 630 g/mol. The van der Waals surface area contributed by atoms with Crippen LogP contribution in [0.15, 0.2) is 36.0 Å². The van der Waals surface area contributed by atoms with Crippen molar-refractivity contribution in [3.8, 4) is 0 Å². The van der Waals surface area contributed by atoms with Crippen molar-refractivity contribution >= 4 is 17.9 Å². The Balaban J connectivity index is 0.994. The second-order valence-corrected chi connectivity index (χ2v) is 13.4. The first-order valence-corrected chi connectivity index (χ1v) is 16.4. The summed E-state index contributed by atoms with van der Waals surface area (Å²) in [6.07, 6.45) is 12.6. The number of nitrogens with zero attached hydrogens (tertiary/aromatic N) is 1. The van der Waals surface area contributed by atoms with Crippen LogP contribution < -0.4 is 16.4 Å². The molecule has 4 heterocycles. The first kappa shape index (κ1) is 33.6. The standard InChI is InChI=1S/C33H50N4O8/c1-21(5-10-27-29(39)33(20-42-33)19-32(45-27)13-14-32)4-7-25-8-9-26(23(3)44-25)36-28(38)11-6-22(2)43-31(41)37-17-12-24(18-37)30(40)35-16-15-34/h4-6,10-11,22-27,29,39H,7-9,12-20,34H2,1-3H3,(H,35,40)(H,36,38)/b10-5+,11-6-,21-4+/t22-,23+,24+,25-,26+,27?,29+,33+/m0/s1. The van der Waals surface area contributed by atoms with E-state index >= 15 is 0 Å². The maximum Gasteiger partial charge on any atom is 0.410 e. The van der Waals surface area contributed by atoms with Gasteiger partial charge in [-0.1, -0.05) is 23.8 Å². The van der Waals surface area contributed by atoms with Crippen LogP contribution in [0, 0.1) is 5.92 Å². The van der Waals surface area contributed by atoms with Gasteiger partial charge in [0.05, 0.1) is 36.4 Å². The fourth-order valence-electron chi connectivity index (χ4n) is 6.56. The summed E-state index contributed by atoms with van der Waals surface area (Å²) < 4.78 is 23.5. The second kappa shape index (κ2) is 14.3. The van der Waals surface area contributed by atoms with Crippen molar-refractivity contribution in [3.05, 3.63) is 36.0 Å². The van der Waals surface area contributed by atoms with Crippen molar-refractivity contribution in [2.75, 3.05) is 32.8 Å². The van der Waals surface area contributed by atoms with Crippen LogP contribution in [-0.4, -0.2) is 108 Å². The minimum Gasteiger partial charge on any atom is -0.442 e. The molecule has 0 aromatic rings. The van der Waals surface area contributed by atoms with Gasteiger partial charge in [0.15, 0.2) is 0 Å². The highest BCUT2D eigenvalue weighted by molar-refractivity contribution is 5.88. The zero-order valence-electron chi connectivity index (χ0n) is 26.7. The van der Waals surface area contributed by atoms with Crippen LogP contribution in [-0.2, 0) is 28.5 Å². The maximum absolute atomic E-state index is 12.6. The lowest BCUT2D eigenvalue weighted by atomic mass is 9.87. The van der Waals surface area contributed by atoms with Crippen LogP contribution in [0.5, 0.6) is 0 Å². The molecular weight excluding hydrogens is 580 g/mol. The SMILES string of the molecule is CC(/C=C/C1OC2(CC2)C[C@@]2(CO2)[C@@H]1O)=C\C[C@H]1CC[C@@H](NC(=O)/C=C\[C@H](C)OC(=O)N2CC[C@@H](C(=O)NCCN)C2)[C@@H](C)O1. The molecule has 5 aliphatic rings. The van der Waals surface area contributed by atoms with Crippen molar-refractivity contribution in [2.24, 2.45) is 11.7 Å². The predicted molar refractivity (Wildman–Crippen MR) is 166 cm³/mol. The number of carbonyl (C=O) groups is 3. The summed E-state index contributed by atoms with van der Waals surface area (Å²) in [6, 6.07) is -0.121. The average molecular weight is 631 g/mol. The van der Waals surface area contributed by atoms with Crippen molar-refractivity contribution in [2.45, 2.75) is 113 Å². The Bertz CT molecular complexity index is 1180. The van der Waals surface area contributed by atoms with Gasteiger partial charge in [0.2, 0.25) is 11.8 Å². The fraction of sp³-hybridized carbons (Fsp3) is 0.727. The number of nitrogens with one attached hydrogen (secondary N) is 2. The molecule has 0 bridgehead atoms. The number of aliphatic hydroxyl groups is 1. The number of rotatable bonds is 11. The molecule has 5 N–H and O–H groups in total. The molecule has 1 saturated carbocycles. The summed E-state index contributed by atoms with van der Waals surface area (Å²) in [7, 11) is 0. The Hall–Kier alpha value is -2.77. The molecule has 5 fully saturated rings. The third kappa shape index (κ3) is 8.74. The molecule has 12 nitrogen and oxygen atoms in total. The average Bonchev–Trinajstić information content (AvgIpc) is 3.91. The van der Waals surface area contributed by atoms with E-state index in [2.05, 4.69) is 16.7 Å². The van der Waals surface area contributed by atoms with Gasteiger partial charge in [-0.15, -0.1) is 0 Å².